The molecule has 0 saturated carbocycles. The smallest absolute Gasteiger partial charge is 0.160 e. The number of ether oxygens (including phenoxy) is 1. The molecule has 262 valence electrons. The Labute approximate surface area is 324 Å². The van der Waals surface area contributed by atoms with Crippen LogP contribution in [0.25, 0.3) is 100 Å². The van der Waals surface area contributed by atoms with E-state index in [4.69, 9.17) is 19.1 Å². The highest BCUT2D eigenvalue weighted by molar-refractivity contribution is 6.08. The maximum absolute atomic E-state index is 7.14. The predicted octanol–water partition coefficient (Wildman–Crippen LogP) is 14.2. The minimum atomic E-state index is 0.638. The molecule has 0 spiro atoms. The van der Waals surface area contributed by atoms with E-state index in [-0.39, 0.29) is 0 Å². The van der Waals surface area contributed by atoms with Gasteiger partial charge in [0, 0.05) is 38.6 Å². The summed E-state index contributed by atoms with van der Waals surface area (Å²) in [5.74, 6) is 2.14. The summed E-state index contributed by atoms with van der Waals surface area (Å²) >= 11 is 0. The summed E-state index contributed by atoms with van der Waals surface area (Å²) in [5, 5.41) is 2.04. The Bertz CT molecular complexity index is 3050. The number of para-hydroxylation sites is 2. The van der Waals surface area contributed by atoms with Gasteiger partial charge >= 0.3 is 0 Å². The molecule has 4 heteroatoms. The molecule has 0 fully saturated rings. The number of benzene rings is 8. The fourth-order valence-corrected chi connectivity index (χ4v) is 8.08. The molecule has 0 bridgehead atoms. The Morgan fingerprint density at radius 3 is 1.50 bits per heavy atom. The molecule has 2 aromatic heterocycles. The van der Waals surface area contributed by atoms with Crippen LogP contribution in [0.1, 0.15) is 0 Å². The summed E-state index contributed by atoms with van der Waals surface area (Å²) in [5.41, 5.74) is 14.7. The number of nitrogens with zero attached hydrogens (tertiary/aromatic N) is 2. The van der Waals surface area contributed by atoms with Crippen molar-refractivity contribution in [3.63, 3.8) is 0 Å². The van der Waals surface area contributed by atoms with Crippen molar-refractivity contribution in [3.05, 3.63) is 194 Å². The van der Waals surface area contributed by atoms with Crippen molar-refractivity contribution < 1.29 is 9.15 Å². The number of furan rings is 1. The Morgan fingerprint density at radius 2 is 0.839 bits per heavy atom. The maximum Gasteiger partial charge on any atom is 0.160 e. The van der Waals surface area contributed by atoms with Crippen molar-refractivity contribution in [1.29, 1.82) is 0 Å². The van der Waals surface area contributed by atoms with Crippen LogP contribution in [0.15, 0.2) is 199 Å². The first-order chi connectivity index (χ1) is 27.7. The third-order valence-corrected chi connectivity index (χ3v) is 10.7. The summed E-state index contributed by atoms with van der Waals surface area (Å²) in [7, 11) is 0. The second-order valence-corrected chi connectivity index (χ2v) is 14.1. The lowest BCUT2D eigenvalue weighted by atomic mass is 9.86. The van der Waals surface area contributed by atoms with Gasteiger partial charge < -0.3 is 9.15 Å². The van der Waals surface area contributed by atoms with Crippen molar-refractivity contribution in [2.75, 3.05) is 0 Å². The second-order valence-electron chi connectivity index (χ2n) is 14.1. The van der Waals surface area contributed by atoms with Gasteiger partial charge in [-0.25, -0.2) is 9.97 Å². The van der Waals surface area contributed by atoms with Gasteiger partial charge in [0.25, 0.3) is 0 Å². The molecule has 0 amide bonds. The Hall–Kier alpha value is -7.56. The second kappa shape index (κ2) is 13.1. The number of hydrogen-bond donors (Lipinski definition) is 0. The van der Waals surface area contributed by atoms with E-state index in [0.29, 0.717) is 5.82 Å². The third kappa shape index (κ3) is 5.39. The lowest BCUT2D eigenvalue weighted by Crippen LogP contribution is -1.97. The van der Waals surface area contributed by atoms with Gasteiger partial charge in [-0.05, 0) is 69.8 Å². The van der Waals surface area contributed by atoms with E-state index in [1.165, 1.54) is 0 Å². The number of aromatic nitrogens is 2. The zero-order chi connectivity index (χ0) is 37.0. The molecule has 56 heavy (non-hydrogen) atoms. The quantitative estimate of drug-likeness (QED) is 0.183. The average molecular weight is 717 g/mol. The minimum Gasteiger partial charge on any atom is -0.456 e. The van der Waals surface area contributed by atoms with Gasteiger partial charge in [-0.2, -0.15) is 0 Å². The fourth-order valence-electron chi connectivity index (χ4n) is 8.08. The van der Waals surface area contributed by atoms with Crippen LogP contribution >= 0.6 is 0 Å². The monoisotopic (exact) mass is 716 g/mol. The first-order valence-corrected chi connectivity index (χ1v) is 18.8. The van der Waals surface area contributed by atoms with Gasteiger partial charge in [-0.3, -0.25) is 0 Å². The average Bonchev–Trinajstić information content (AvgIpc) is 3.63. The van der Waals surface area contributed by atoms with Crippen LogP contribution in [-0.4, -0.2) is 9.97 Å². The van der Waals surface area contributed by atoms with Crippen molar-refractivity contribution in [3.8, 4) is 89.9 Å². The topological polar surface area (TPSA) is 48.2 Å². The molecule has 0 aliphatic carbocycles. The molecule has 3 heterocycles. The maximum atomic E-state index is 7.14. The van der Waals surface area contributed by atoms with Crippen LogP contribution < -0.4 is 4.74 Å². The van der Waals surface area contributed by atoms with Crippen molar-refractivity contribution in [1.82, 2.24) is 9.97 Å². The zero-order valence-electron chi connectivity index (χ0n) is 30.2. The Balaban J connectivity index is 1.23. The molecule has 0 unspecified atom stereocenters. The van der Waals surface area contributed by atoms with Crippen molar-refractivity contribution in [2.45, 2.75) is 0 Å². The summed E-state index contributed by atoms with van der Waals surface area (Å²) in [6, 6.07) is 67.3. The van der Waals surface area contributed by atoms with Gasteiger partial charge in [0.15, 0.2) is 5.82 Å². The van der Waals surface area contributed by atoms with Crippen molar-refractivity contribution >= 4 is 21.9 Å². The first kappa shape index (κ1) is 31.9. The van der Waals surface area contributed by atoms with Gasteiger partial charge in [-0.1, -0.05) is 158 Å². The summed E-state index contributed by atoms with van der Waals surface area (Å²) in [6.07, 6.45) is 0. The van der Waals surface area contributed by atoms with E-state index in [1.54, 1.807) is 0 Å². The zero-order valence-corrected chi connectivity index (χ0v) is 30.2. The number of hydrogen-bond acceptors (Lipinski definition) is 4. The molecule has 1 aliphatic heterocycles. The molecule has 0 N–H and O–H groups in total. The molecule has 1 aliphatic rings. The van der Waals surface area contributed by atoms with Crippen LogP contribution in [0.5, 0.6) is 11.5 Å². The van der Waals surface area contributed by atoms with Crippen LogP contribution in [0.4, 0.5) is 0 Å². The molecule has 4 nitrogen and oxygen atoms in total. The van der Waals surface area contributed by atoms with E-state index in [0.717, 1.165) is 106 Å². The molecule has 11 rings (SSSR count). The standard InChI is InChI=1S/C52H32N2O2/c1-3-15-33(16-4-1)46-32-47(34-17-5-2-6-18-34)54-52(53-46)35-27-28-40-38-21-8-7-19-36(38)37-20-9-10-22-39(37)41-23-11-13-25-48(41)55-51-30-44-42-24-12-14-26-49(42)56-50(44)31-45(51)43(40)29-35/h1-32H. The molecule has 0 saturated heterocycles. The van der Waals surface area contributed by atoms with E-state index >= 15 is 0 Å². The highest BCUT2D eigenvalue weighted by Crippen LogP contribution is 2.50. The molecule has 0 radical (unpaired) electrons. The fraction of sp³-hybridized carbons (Fsp3) is 0. The lowest BCUT2D eigenvalue weighted by Gasteiger charge is -2.18. The van der Waals surface area contributed by atoms with E-state index in [2.05, 4.69) is 133 Å². The summed E-state index contributed by atoms with van der Waals surface area (Å²) in [4.78, 5) is 10.4. The van der Waals surface area contributed by atoms with E-state index in [9.17, 15) is 0 Å². The van der Waals surface area contributed by atoms with Crippen LogP contribution in [0, 0.1) is 0 Å². The van der Waals surface area contributed by atoms with Crippen molar-refractivity contribution in [2.24, 2.45) is 0 Å². The normalized spacial score (nSPS) is 11.7. The van der Waals surface area contributed by atoms with Crippen LogP contribution in [0.3, 0.4) is 0 Å². The summed E-state index contributed by atoms with van der Waals surface area (Å²) < 4.78 is 13.7. The Morgan fingerprint density at radius 1 is 0.304 bits per heavy atom. The summed E-state index contributed by atoms with van der Waals surface area (Å²) in [6.45, 7) is 0. The number of rotatable bonds is 3. The van der Waals surface area contributed by atoms with E-state index in [1.807, 2.05) is 60.7 Å². The molecular formula is C52H32N2O2. The highest BCUT2D eigenvalue weighted by atomic mass is 16.5. The SMILES string of the molecule is c1ccc(-c2cc(-c3ccccc3)nc(-c3ccc4c(c3)-c3cc5oc6ccccc6c5cc3Oc3ccccc3-c3ccccc3-c3ccccc3-4)n2)cc1. The molecular weight excluding hydrogens is 685 g/mol. The predicted molar refractivity (Wildman–Crippen MR) is 227 cm³/mol. The number of fused-ring (bicyclic) bond motifs is 12. The lowest BCUT2D eigenvalue weighted by molar-refractivity contribution is 0.487. The molecule has 8 aromatic carbocycles. The van der Waals surface area contributed by atoms with Crippen LogP contribution in [-0.2, 0) is 0 Å². The molecule has 0 atom stereocenters. The minimum absolute atomic E-state index is 0.638. The van der Waals surface area contributed by atoms with Gasteiger partial charge in [-0.15, -0.1) is 0 Å². The van der Waals surface area contributed by atoms with Gasteiger partial charge in [0.05, 0.1) is 11.4 Å². The Kier molecular flexibility index (Phi) is 7.46. The third-order valence-electron chi connectivity index (χ3n) is 10.7. The van der Waals surface area contributed by atoms with Gasteiger partial charge in [0.1, 0.15) is 22.7 Å². The van der Waals surface area contributed by atoms with Gasteiger partial charge in [0.2, 0.25) is 0 Å². The van der Waals surface area contributed by atoms with E-state index < -0.39 is 0 Å². The largest absolute Gasteiger partial charge is 0.456 e. The molecule has 10 aromatic rings. The highest BCUT2D eigenvalue weighted by Gasteiger charge is 2.24. The van der Waals surface area contributed by atoms with Crippen LogP contribution in [0.2, 0.25) is 0 Å². The first-order valence-electron chi connectivity index (χ1n) is 18.8.